The van der Waals surface area contributed by atoms with Gasteiger partial charge >= 0.3 is 0 Å². The number of benzene rings is 2. The van der Waals surface area contributed by atoms with Crippen molar-refractivity contribution in [1.29, 1.82) is 0 Å². The number of H-pyrrole nitrogens is 1. The number of fused-ring (bicyclic) bond motifs is 1. The summed E-state index contributed by atoms with van der Waals surface area (Å²) in [4.78, 5) is 17.0. The van der Waals surface area contributed by atoms with E-state index in [9.17, 15) is 4.79 Å². The van der Waals surface area contributed by atoms with Gasteiger partial charge in [-0.2, -0.15) is 0 Å². The number of rotatable bonds is 3. The van der Waals surface area contributed by atoms with Crippen LogP contribution in [0.1, 0.15) is 11.3 Å². The van der Waals surface area contributed by atoms with Crippen LogP contribution in [-0.4, -0.2) is 14.6 Å². The molecular formula is C19H14BrN3O. The summed E-state index contributed by atoms with van der Waals surface area (Å²) in [5.74, 6) is 0. The van der Waals surface area contributed by atoms with Gasteiger partial charge in [0.1, 0.15) is 0 Å². The molecule has 2 aromatic heterocycles. The zero-order chi connectivity index (χ0) is 16.5. The Kier molecular flexibility index (Phi) is 3.78. The molecule has 4 aromatic rings. The summed E-state index contributed by atoms with van der Waals surface area (Å²) in [6.45, 7) is 0. The molecule has 4 nitrogen and oxygen atoms in total. The van der Waals surface area contributed by atoms with Gasteiger partial charge in [-0.1, -0.05) is 58.4 Å². The van der Waals surface area contributed by atoms with E-state index >= 15 is 0 Å². The third-order valence-electron chi connectivity index (χ3n) is 3.89. The van der Waals surface area contributed by atoms with E-state index in [-0.39, 0.29) is 5.56 Å². The zero-order valence-electron chi connectivity index (χ0n) is 12.7. The minimum Gasteiger partial charge on any atom is -0.289 e. The first-order valence-electron chi connectivity index (χ1n) is 7.60. The Hall–Kier alpha value is -2.66. The van der Waals surface area contributed by atoms with Crippen molar-refractivity contribution in [3.05, 3.63) is 92.8 Å². The van der Waals surface area contributed by atoms with Crippen LogP contribution in [0.4, 0.5) is 0 Å². The zero-order valence-corrected chi connectivity index (χ0v) is 14.3. The van der Waals surface area contributed by atoms with Gasteiger partial charge < -0.3 is 0 Å². The van der Waals surface area contributed by atoms with Crippen LogP contribution in [0.25, 0.3) is 16.9 Å². The lowest BCUT2D eigenvalue weighted by Crippen LogP contribution is -2.15. The van der Waals surface area contributed by atoms with Crippen LogP contribution in [0.5, 0.6) is 0 Å². The molecule has 24 heavy (non-hydrogen) atoms. The summed E-state index contributed by atoms with van der Waals surface area (Å²) < 4.78 is 2.49. The van der Waals surface area contributed by atoms with E-state index in [4.69, 9.17) is 0 Å². The Morgan fingerprint density at radius 3 is 2.50 bits per heavy atom. The molecule has 0 aliphatic carbocycles. The summed E-state index contributed by atoms with van der Waals surface area (Å²) in [6.07, 6.45) is 0.644. The largest absolute Gasteiger partial charge is 0.289 e. The predicted molar refractivity (Wildman–Crippen MR) is 98.2 cm³/mol. The second kappa shape index (κ2) is 6.09. The maximum absolute atomic E-state index is 12.4. The van der Waals surface area contributed by atoms with Gasteiger partial charge in [-0.3, -0.25) is 9.89 Å². The van der Waals surface area contributed by atoms with Crippen molar-refractivity contribution in [2.24, 2.45) is 0 Å². The fourth-order valence-electron chi connectivity index (χ4n) is 2.71. The summed E-state index contributed by atoms with van der Waals surface area (Å²) in [7, 11) is 0. The van der Waals surface area contributed by atoms with E-state index in [0.29, 0.717) is 12.1 Å². The van der Waals surface area contributed by atoms with Gasteiger partial charge in [0.05, 0.1) is 11.4 Å². The van der Waals surface area contributed by atoms with Crippen molar-refractivity contribution in [2.45, 2.75) is 6.42 Å². The second-order valence-electron chi connectivity index (χ2n) is 5.62. The molecule has 1 N–H and O–H groups in total. The molecular weight excluding hydrogens is 366 g/mol. The molecule has 0 aliphatic heterocycles. The van der Waals surface area contributed by atoms with Crippen LogP contribution in [0.2, 0.25) is 0 Å². The van der Waals surface area contributed by atoms with E-state index < -0.39 is 0 Å². The maximum Gasteiger partial charge on any atom is 0.272 e. The molecule has 0 amide bonds. The number of aromatic nitrogens is 3. The Balaban J connectivity index is 1.75. The molecule has 0 fully saturated rings. The van der Waals surface area contributed by atoms with Crippen molar-refractivity contribution in [3.8, 4) is 11.3 Å². The molecule has 0 bridgehead atoms. The molecule has 0 spiro atoms. The average Bonchev–Trinajstić information content (AvgIpc) is 3.01. The van der Waals surface area contributed by atoms with Crippen LogP contribution in [-0.2, 0) is 6.42 Å². The van der Waals surface area contributed by atoms with Crippen molar-refractivity contribution in [2.75, 3.05) is 0 Å². The number of nitrogens with one attached hydrogen (secondary N) is 1. The summed E-state index contributed by atoms with van der Waals surface area (Å²) in [6, 6.07) is 21.4. The minimum atomic E-state index is -0.103. The number of nitrogens with zero attached hydrogens (tertiary/aromatic N) is 2. The average molecular weight is 380 g/mol. The number of hydrogen-bond acceptors (Lipinski definition) is 2. The van der Waals surface area contributed by atoms with E-state index in [2.05, 4.69) is 26.0 Å². The molecule has 2 aromatic carbocycles. The Morgan fingerprint density at radius 1 is 1.00 bits per heavy atom. The molecule has 0 atom stereocenters. The lowest BCUT2D eigenvalue weighted by atomic mass is 10.1. The van der Waals surface area contributed by atoms with Gasteiger partial charge in [-0.25, -0.2) is 9.50 Å². The first-order valence-corrected chi connectivity index (χ1v) is 8.40. The van der Waals surface area contributed by atoms with Gasteiger partial charge in [0.25, 0.3) is 5.56 Å². The van der Waals surface area contributed by atoms with E-state index in [1.807, 2.05) is 60.7 Å². The number of hydrogen-bond donors (Lipinski definition) is 1. The standard InChI is InChI=1S/C19H14BrN3O/c20-15-8-6-14(7-9-15)17-12-18-21-16(11-19(24)23(18)22-17)10-13-4-2-1-3-5-13/h1-9,11-12,22H,10H2. The topological polar surface area (TPSA) is 50.2 Å². The summed E-state index contributed by atoms with van der Waals surface area (Å²) in [5.41, 5.74) is 4.31. The normalized spacial score (nSPS) is 11.0. The summed E-state index contributed by atoms with van der Waals surface area (Å²) in [5, 5.41) is 3.12. The molecule has 2 heterocycles. The second-order valence-corrected chi connectivity index (χ2v) is 6.53. The minimum absolute atomic E-state index is 0.103. The fourth-order valence-corrected chi connectivity index (χ4v) is 2.98. The van der Waals surface area contributed by atoms with Crippen molar-refractivity contribution in [1.82, 2.24) is 14.6 Å². The third-order valence-corrected chi connectivity index (χ3v) is 4.42. The first-order chi connectivity index (χ1) is 11.7. The number of halogens is 1. The molecule has 0 unspecified atom stereocenters. The van der Waals surface area contributed by atoms with Gasteiger partial charge in [0, 0.05) is 23.0 Å². The predicted octanol–water partition coefficient (Wildman–Crippen LogP) is 4.04. The Morgan fingerprint density at radius 2 is 1.75 bits per heavy atom. The molecule has 118 valence electrons. The fraction of sp³-hybridized carbons (Fsp3) is 0.0526. The Labute approximate surface area is 146 Å². The lowest BCUT2D eigenvalue weighted by molar-refractivity contribution is 0.884. The van der Waals surface area contributed by atoms with Crippen LogP contribution in [0, 0.1) is 0 Å². The highest BCUT2D eigenvalue weighted by molar-refractivity contribution is 9.10. The van der Waals surface area contributed by atoms with Crippen LogP contribution >= 0.6 is 15.9 Å². The molecule has 5 heteroatoms. The van der Waals surface area contributed by atoms with Gasteiger partial charge in [0.2, 0.25) is 0 Å². The molecule has 0 saturated carbocycles. The van der Waals surface area contributed by atoms with E-state index in [1.165, 1.54) is 4.52 Å². The van der Waals surface area contributed by atoms with Gasteiger partial charge in [0.15, 0.2) is 5.65 Å². The van der Waals surface area contributed by atoms with Gasteiger partial charge in [-0.15, -0.1) is 0 Å². The van der Waals surface area contributed by atoms with Crippen molar-refractivity contribution in [3.63, 3.8) is 0 Å². The SMILES string of the molecule is O=c1cc(Cc2ccccc2)nc2cc(-c3ccc(Br)cc3)[nH]n12. The summed E-state index contributed by atoms with van der Waals surface area (Å²) >= 11 is 3.43. The maximum atomic E-state index is 12.4. The monoisotopic (exact) mass is 379 g/mol. The third kappa shape index (κ3) is 2.90. The lowest BCUT2D eigenvalue weighted by Gasteiger charge is -2.01. The molecule has 0 radical (unpaired) electrons. The van der Waals surface area contributed by atoms with Gasteiger partial charge in [-0.05, 0) is 23.3 Å². The molecule has 0 aliphatic rings. The van der Waals surface area contributed by atoms with E-state index in [1.54, 1.807) is 6.07 Å². The highest BCUT2D eigenvalue weighted by Crippen LogP contribution is 2.21. The number of aromatic amines is 1. The van der Waals surface area contributed by atoms with Crippen molar-refractivity contribution < 1.29 is 0 Å². The highest BCUT2D eigenvalue weighted by Gasteiger charge is 2.08. The smallest absolute Gasteiger partial charge is 0.272 e. The quantitative estimate of drug-likeness (QED) is 0.583. The van der Waals surface area contributed by atoms with E-state index in [0.717, 1.165) is 27.0 Å². The van der Waals surface area contributed by atoms with Crippen LogP contribution < -0.4 is 5.56 Å². The van der Waals surface area contributed by atoms with Crippen LogP contribution in [0.15, 0.2) is 76.0 Å². The molecule has 0 saturated heterocycles. The van der Waals surface area contributed by atoms with Crippen molar-refractivity contribution >= 4 is 21.6 Å². The molecule has 4 rings (SSSR count). The highest BCUT2D eigenvalue weighted by atomic mass is 79.9. The first kappa shape index (κ1) is 14.9. The Bertz CT molecular complexity index is 1050. The van der Waals surface area contributed by atoms with Crippen LogP contribution in [0.3, 0.4) is 0 Å².